The first-order valence-corrected chi connectivity index (χ1v) is 5.48. The fourth-order valence-electron chi connectivity index (χ4n) is 1.72. The minimum Gasteiger partial charge on any atom is -0.399 e. The Morgan fingerprint density at radius 3 is 2.38 bits per heavy atom. The van der Waals surface area contributed by atoms with E-state index in [0.717, 1.165) is 27.5 Å². The van der Waals surface area contributed by atoms with Crippen LogP contribution in [0.5, 0.6) is 0 Å². The Kier molecular flexibility index (Phi) is 2.84. The number of anilines is 1. The van der Waals surface area contributed by atoms with Gasteiger partial charge in [-0.3, -0.25) is 0 Å². The first-order valence-electron chi connectivity index (χ1n) is 5.10. The first kappa shape index (κ1) is 11.0. The van der Waals surface area contributed by atoms with Crippen LogP contribution in [0, 0.1) is 6.92 Å². The highest BCUT2D eigenvalue weighted by Gasteiger charge is 2.14. The summed E-state index contributed by atoms with van der Waals surface area (Å²) in [5, 5.41) is 0.764. The Balaban J connectivity index is 2.63. The van der Waals surface area contributed by atoms with Crippen molar-refractivity contribution in [3.8, 4) is 11.1 Å². The molecule has 2 aromatic rings. The lowest BCUT2D eigenvalue weighted by molar-refractivity contribution is -0.677. The highest BCUT2D eigenvalue weighted by atomic mass is 35.5. The Morgan fingerprint density at radius 2 is 1.75 bits per heavy atom. The number of hydrogen-bond acceptors (Lipinski definition) is 1. The average molecular weight is 234 g/mol. The van der Waals surface area contributed by atoms with Gasteiger partial charge in [-0.2, -0.15) is 0 Å². The summed E-state index contributed by atoms with van der Waals surface area (Å²) in [7, 11) is 2.01. The van der Waals surface area contributed by atoms with Gasteiger partial charge in [-0.25, -0.2) is 4.57 Å². The van der Waals surface area contributed by atoms with Gasteiger partial charge in [0, 0.05) is 18.7 Å². The molecule has 0 amide bonds. The van der Waals surface area contributed by atoms with Crippen molar-refractivity contribution in [1.82, 2.24) is 0 Å². The molecular weight excluding hydrogens is 220 g/mol. The minimum absolute atomic E-state index is 0.762. The van der Waals surface area contributed by atoms with Crippen LogP contribution in [0.4, 0.5) is 5.69 Å². The van der Waals surface area contributed by atoms with Crippen molar-refractivity contribution >= 4 is 17.3 Å². The van der Waals surface area contributed by atoms with E-state index in [4.69, 9.17) is 17.3 Å². The van der Waals surface area contributed by atoms with Gasteiger partial charge in [0.25, 0.3) is 0 Å². The maximum Gasteiger partial charge on any atom is 0.187 e. The number of nitrogens with zero attached hydrogens (tertiary/aromatic N) is 1. The number of nitrogen functional groups attached to an aromatic ring is 1. The molecule has 0 fully saturated rings. The largest absolute Gasteiger partial charge is 0.399 e. The number of benzene rings is 1. The van der Waals surface area contributed by atoms with Gasteiger partial charge >= 0.3 is 0 Å². The molecule has 16 heavy (non-hydrogen) atoms. The zero-order chi connectivity index (χ0) is 11.7. The Bertz CT molecular complexity index is 518. The second-order valence-corrected chi connectivity index (χ2v) is 4.26. The van der Waals surface area contributed by atoms with Gasteiger partial charge in [0.05, 0.1) is 10.6 Å². The van der Waals surface area contributed by atoms with E-state index in [9.17, 15) is 0 Å². The summed E-state index contributed by atoms with van der Waals surface area (Å²) in [6.07, 6.45) is 1.96. The number of pyridine rings is 1. The highest BCUT2D eigenvalue weighted by Crippen LogP contribution is 2.29. The van der Waals surface area contributed by atoms with Crippen LogP contribution in [-0.2, 0) is 7.05 Å². The fraction of sp³-hybridized carbons (Fsp3) is 0.154. The smallest absolute Gasteiger partial charge is 0.187 e. The lowest BCUT2D eigenvalue weighted by Crippen LogP contribution is -2.31. The predicted octanol–water partition coefficient (Wildman–Crippen LogP) is 2.72. The molecule has 2 rings (SSSR count). The predicted molar refractivity (Wildman–Crippen MR) is 67.2 cm³/mol. The maximum absolute atomic E-state index is 6.23. The summed E-state index contributed by atoms with van der Waals surface area (Å²) in [5.74, 6) is 0. The number of hydrogen-bond donors (Lipinski definition) is 1. The summed E-state index contributed by atoms with van der Waals surface area (Å²) in [6, 6.07) is 9.66. The number of nitrogens with two attached hydrogens (primary N) is 1. The van der Waals surface area contributed by atoms with Crippen LogP contribution in [-0.4, -0.2) is 0 Å². The molecule has 0 aliphatic heterocycles. The summed E-state index contributed by atoms with van der Waals surface area (Å²) in [4.78, 5) is 0. The molecule has 2 nitrogen and oxygen atoms in total. The summed E-state index contributed by atoms with van der Waals surface area (Å²) in [5.41, 5.74) is 9.72. The third-order valence-electron chi connectivity index (χ3n) is 2.77. The molecule has 3 heteroatoms. The first-order chi connectivity index (χ1) is 7.59. The van der Waals surface area contributed by atoms with Crippen LogP contribution in [0.3, 0.4) is 0 Å². The SMILES string of the molecule is Cc1c(-c2ccc(N)cc2)c(Cl)cc[n+]1C. The molecule has 1 aromatic heterocycles. The highest BCUT2D eigenvalue weighted by molar-refractivity contribution is 6.33. The molecule has 0 aliphatic rings. The number of aryl methyl sites for hydroxylation is 1. The van der Waals surface area contributed by atoms with Crippen molar-refractivity contribution in [2.75, 3.05) is 5.73 Å². The monoisotopic (exact) mass is 233 g/mol. The van der Waals surface area contributed by atoms with E-state index in [1.165, 1.54) is 0 Å². The van der Waals surface area contributed by atoms with E-state index in [0.29, 0.717) is 0 Å². The van der Waals surface area contributed by atoms with Crippen molar-refractivity contribution in [1.29, 1.82) is 0 Å². The van der Waals surface area contributed by atoms with E-state index in [1.54, 1.807) is 0 Å². The Hall–Kier alpha value is -1.54. The van der Waals surface area contributed by atoms with Gasteiger partial charge in [0.2, 0.25) is 0 Å². The Morgan fingerprint density at radius 1 is 1.12 bits per heavy atom. The topological polar surface area (TPSA) is 29.9 Å². The van der Waals surface area contributed by atoms with E-state index in [2.05, 4.69) is 11.5 Å². The van der Waals surface area contributed by atoms with Gasteiger partial charge in [0.15, 0.2) is 11.9 Å². The lowest BCUT2D eigenvalue weighted by atomic mass is 10.0. The molecule has 0 saturated carbocycles. The number of aromatic nitrogens is 1. The number of rotatable bonds is 1. The van der Waals surface area contributed by atoms with Gasteiger partial charge in [-0.15, -0.1) is 0 Å². The maximum atomic E-state index is 6.23. The second kappa shape index (κ2) is 4.14. The van der Waals surface area contributed by atoms with Gasteiger partial charge in [-0.1, -0.05) is 23.7 Å². The van der Waals surface area contributed by atoms with Crippen molar-refractivity contribution in [3.05, 3.63) is 47.2 Å². The standard InChI is InChI=1S/C13H14ClN2/c1-9-13(12(14)7-8-16(9)2)10-3-5-11(15)6-4-10/h3-8H,15H2,1-2H3/q+1. The molecule has 0 aliphatic carbocycles. The fourth-order valence-corrected chi connectivity index (χ4v) is 2.02. The molecule has 2 N–H and O–H groups in total. The summed E-state index contributed by atoms with van der Waals surface area (Å²) in [6.45, 7) is 2.05. The molecule has 0 radical (unpaired) electrons. The van der Waals surface area contributed by atoms with Crippen molar-refractivity contribution in [2.24, 2.45) is 7.05 Å². The molecule has 0 bridgehead atoms. The molecule has 0 unspecified atom stereocenters. The van der Waals surface area contributed by atoms with Crippen molar-refractivity contribution in [2.45, 2.75) is 6.92 Å². The van der Waals surface area contributed by atoms with Crippen LogP contribution in [0.25, 0.3) is 11.1 Å². The quantitative estimate of drug-likeness (QED) is 0.596. The Labute approximate surface area is 100 Å². The molecule has 0 atom stereocenters. The minimum atomic E-state index is 0.762. The molecule has 82 valence electrons. The number of halogens is 1. The summed E-state index contributed by atoms with van der Waals surface area (Å²) < 4.78 is 2.05. The zero-order valence-electron chi connectivity index (χ0n) is 9.37. The molecule has 1 aromatic carbocycles. The van der Waals surface area contributed by atoms with Gasteiger partial charge < -0.3 is 5.73 Å². The third kappa shape index (κ3) is 1.89. The second-order valence-electron chi connectivity index (χ2n) is 3.86. The molecule has 0 spiro atoms. The van der Waals surface area contributed by atoms with Crippen LogP contribution in [0.1, 0.15) is 5.69 Å². The van der Waals surface area contributed by atoms with Crippen molar-refractivity contribution < 1.29 is 4.57 Å². The van der Waals surface area contributed by atoms with E-state index < -0.39 is 0 Å². The van der Waals surface area contributed by atoms with Crippen LogP contribution < -0.4 is 10.3 Å². The van der Waals surface area contributed by atoms with Gasteiger partial charge in [0.1, 0.15) is 7.05 Å². The van der Waals surface area contributed by atoms with Crippen LogP contribution in [0.15, 0.2) is 36.5 Å². The molecule has 1 heterocycles. The molecular formula is C13H14ClN2+. The van der Waals surface area contributed by atoms with Crippen LogP contribution in [0.2, 0.25) is 5.02 Å². The van der Waals surface area contributed by atoms with Gasteiger partial charge in [-0.05, 0) is 17.7 Å². The van der Waals surface area contributed by atoms with E-state index in [-0.39, 0.29) is 0 Å². The third-order valence-corrected chi connectivity index (χ3v) is 3.09. The normalized spacial score (nSPS) is 10.4. The lowest BCUT2D eigenvalue weighted by Gasteiger charge is -2.06. The average Bonchev–Trinajstić information content (AvgIpc) is 2.27. The zero-order valence-corrected chi connectivity index (χ0v) is 10.1. The van der Waals surface area contributed by atoms with E-state index >= 15 is 0 Å². The van der Waals surface area contributed by atoms with E-state index in [1.807, 2.05) is 43.6 Å². The molecule has 0 saturated heterocycles. The van der Waals surface area contributed by atoms with Crippen LogP contribution >= 0.6 is 11.6 Å². The van der Waals surface area contributed by atoms with Crippen molar-refractivity contribution in [3.63, 3.8) is 0 Å². The summed E-state index contributed by atoms with van der Waals surface area (Å²) >= 11 is 6.23.